The Morgan fingerprint density at radius 1 is 0.925 bits per heavy atom. The van der Waals surface area contributed by atoms with Gasteiger partial charge in [0.05, 0.1) is 31.4 Å². The number of hydrogen-bond acceptors (Lipinski definition) is 7. The third-order valence-electron chi connectivity index (χ3n) is 6.90. The third kappa shape index (κ3) is 5.93. The first-order valence-corrected chi connectivity index (χ1v) is 13.5. The molecule has 0 atom stereocenters. The van der Waals surface area contributed by atoms with Crippen LogP contribution < -0.4 is 0 Å². The maximum Gasteiger partial charge on any atom is 0.420 e. The summed E-state index contributed by atoms with van der Waals surface area (Å²) in [6.07, 6.45) is -0.548. The minimum atomic E-state index is -0.682. The number of benzene rings is 3. The molecule has 0 unspecified atom stereocenters. The second-order valence-corrected chi connectivity index (χ2v) is 11.0. The van der Waals surface area contributed by atoms with Crippen molar-refractivity contribution >= 4 is 23.1 Å². The fraction of sp³-hybridized carbons (Fsp3) is 0.344. The van der Waals surface area contributed by atoms with Crippen LogP contribution >= 0.6 is 0 Å². The Bertz CT molecular complexity index is 1540. The van der Waals surface area contributed by atoms with Crippen molar-refractivity contribution < 1.29 is 23.8 Å². The maximum atomic E-state index is 13.1. The number of carbonyl (C=O) groups excluding carboxylic acids is 2. The lowest BCUT2D eigenvalue weighted by Gasteiger charge is -2.26. The van der Waals surface area contributed by atoms with Gasteiger partial charge in [0.2, 0.25) is 0 Å². The predicted octanol–water partition coefficient (Wildman–Crippen LogP) is 6.08. The molecule has 3 aromatic carbocycles. The Labute approximate surface area is 234 Å². The second kappa shape index (κ2) is 11.2. The number of methoxy groups -OCH3 is 1. The van der Waals surface area contributed by atoms with Gasteiger partial charge < -0.3 is 14.2 Å². The molecule has 0 aliphatic carbocycles. The fourth-order valence-corrected chi connectivity index (χ4v) is 4.99. The van der Waals surface area contributed by atoms with Crippen LogP contribution in [0, 0.1) is 6.92 Å². The van der Waals surface area contributed by atoms with E-state index in [4.69, 9.17) is 14.2 Å². The van der Waals surface area contributed by atoms with E-state index in [0.717, 1.165) is 55.1 Å². The molecule has 4 aromatic rings. The number of imidazole rings is 1. The first-order valence-electron chi connectivity index (χ1n) is 13.5. The van der Waals surface area contributed by atoms with Crippen molar-refractivity contribution in [2.24, 2.45) is 0 Å². The zero-order valence-corrected chi connectivity index (χ0v) is 23.7. The van der Waals surface area contributed by atoms with Gasteiger partial charge in [0.1, 0.15) is 16.9 Å². The minimum absolute atomic E-state index is 0.292. The van der Waals surface area contributed by atoms with Gasteiger partial charge in [-0.2, -0.15) is 0 Å². The molecule has 0 radical (unpaired) electrons. The number of carbonyl (C=O) groups is 2. The van der Waals surface area contributed by atoms with Crippen molar-refractivity contribution in [3.05, 3.63) is 77.6 Å². The third-order valence-corrected chi connectivity index (χ3v) is 6.90. The van der Waals surface area contributed by atoms with Crippen molar-refractivity contribution in [2.45, 2.75) is 39.8 Å². The highest BCUT2D eigenvalue weighted by atomic mass is 16.6. The second-order valence-electron chi connectivity index (χ2n) is 11.0. The van der Waals surface area contributed by atoms with Crippen molar-refractivity contribution in [3.8, 4) is 22.3 Å². The Kier molecular flexibility index (Phi) is 7.74. The molecule has 5 rings (SSSR count). The van der Waals surface area contributed by atoms with Gasteiger partial charge in [0.15, 0.2) is 0 Å². The summed E-state index contributed by atoms with van der Waals surface area (Å²) < 4.78 is 17.6. The molecular weight excluding hydrogens is 506 g/mol. The van der Waals surface area contributed by atoms with Crippen LogP contribution in [0.25, 0.3) is 33.3 Å². The van der Waals surface area contributed by atoms with Crippen LogP contribution in [0.4, 0.5) is 4.79 Å². The molecular formula is C32H35N3O5. The molecule has 208 valence electrons. The van der Waals surface area contributed by atoms with E-state index >= 15 is 0 Å². The Morgan fingerprint density at radius 2 is 1.60 bits per heavy atom. The average Bonchev–Trinajstić information content (AvgIpc) is 3.27. The predicted molar refractivity (Wildman–Crippen MR) is 154 cm³/mol. The van der Waals surface area contributed by atoms with Crippen molar-refractivity contribution in [1.82, 2.24) is 14.5 Å². The molecule has 1 aliphatic rings. The number of morpholine rings is 1. The lowest BCUT2D eigenvalue weighted by Crippen LogP contribution is -2.35. The molecule has 0 N–H and O–H groups in total. The number of aryl methyl sites for hydroxylation is 1. The normalized spacial score (nSPS) is 14.3. The maximum absolute atomic E-state index is 13.1. The van der Waals surface area contributed by atoms with Gasteiger partial charge in [-0.25, -0.2) is 19.1 Å². The zero-order chi connectivity index (χ0) is 28.4. The summed E-state index contributed by atoms with van der Waals surface area (Å²) >= 11 is 0. The molecule has 1 saturated heterocycles. The van der Waals surface area contributed by atoms with Gasteiger partial charge >= 0.3 is 12.1 Å². The standard InChI is InChI=1S/C32H35N3O5/c1-21-33-29-27(30(36)38-5)18-26(19-28(29)35(21)31(37)40-32(2,3)4)24-11-9-23(10-12-24)25-8-6-7-22(17-25)20-34-13-15-39-16-14-34/h6-12,17-19H,13-16,20H2,1-5H3. The van der Waals surface area contributed by atoms with Crippen LogP contribution in [0.5, 0.6) is 0 Å². The molecule has 40 heavy (non-hydrogen) atoms. The Balaban J connectivity index is 1.49. The monoisotopic (exact) mass is 541 g/mol. The summed E-state index contributed by atoms with van der Waals surface area (Å²) in [5.41, 5.74) is 5.66. The van der Waals surface area contributed by atoms with E-state index in [0.29, 0.717) is 22.4 Å². The van der Waals surface area contributed by atoms with Crippen LogP contribution in [0.2, 0.25) is 0 Å². The molecule has 1 aromatic heterocycles. The summed E-state index contributed by atoms with van der Waals surface area (Å²) in [7, 11) is 1.33. The number of hydrogen-bond donors (Lipinski definition) is 0. The number of fused-ring (bicyclic) bond motifs is 1. The summed E-state index contributed by atoms with van der Waals surface area (Å²) in [5.74, 6) is -0.0896. The molecule has 0 bridgehead atoms. The van der Waals surface area contributed by atoms with E-state index in [1.807, 2.05) is 39.0 Å². The molecule has 1 aliphatic heterocycles. The van der Waals surface area contributed by atoms with Gasteiger partial charge in [0.25, 0.3) is 0 Å². The van der Waals surface area contributed by atoms with Crippen LogP contribution in [0.15, 0.2) is 60.7 Å². The van der Waals surface area contributed by atoms with E-state index in [9.17, 15) is 9.59 Å². The van der Waals surface area contributed by atoms with Crippen molar-refractivity contribution in [3.63, 3.8) is 0 Å². The lowest BCUT2D eigenvalue weighted by molar-refractivity contribution is 0.0342. The summed E-state index contributed by atoms with van der Waals surface area (Å²) in [6.45, 7) is 11.5. The lowest BCUT2D eigenvalue weighted by atomic mass is 9.97. The van der Waals surface area contributed by atoms with Gasteiger partial charge in [0, 0.05) is 19.6 Å². The molecule has 0 amide bonds. The van der Waals surface area contributed by atoms with Crippen LogP contribution in [0.1, 0.15) is 42.5 Å². The van der Waals surface area contributed by atoms with E-state index in [1.165, 1.54) is 17.2 Å². The van der Waals surface area contributed by atoms with Gasteiger partial charge in [-0.05, 0) is 73.7 Å². The number of ether oxygens (including phenoxy) is 3. The van der Waals surface area contributed by atoms with Gasteiger partial charge in [-0.1, -0.05) is 42.5 Å². The zero-order valence-electron chi connectivity index (χ0n) is 23.7. The molecule has 2 heterocycles. The van der Waals surface area contributed by atoms with E-state index in [2.05, 4.69) is 46.3 Å². The van der Waals surface area contributed by atoms with E-state index in [1.54, 1.807) is 13.0 Å². The molecule has 0 saturated carbocycles. The van der Waals surface area contributed by atoms with E-state index < -0.39 is 17.7 Å². The van der Waals surface area contributed by atoms with Crippen molar-refractivity contribution in [2.75, 3.05) is 33.4 Å². The largest absolute Gasteiger partial charge is 0.465 e. The highest BCUT2D eigenvalue weighted by Crippen LogP contribution is 2.31. The number of aromatic nitrogens is 2. The molecule has 1 fully saturated rings. The van der Waals surface area contributed by atoms with Gasteiger partial charge in [-0.15, -0.1) is 0 Å². The molecule has 8 nitrogen and oxygen atoms in total. The van der Waals surface area contributed by atoms with E-state index in [-0.39, 0.29) is 0 Å². The summed E-state index contributed by atoms with van der Waals surface area (Å²) in [5, 5.41) is 0. The quantitative estimate of drug-likeness (QED) is 0.283. The average molecular weight is 542 g/mol. The SMILES string of the molecule is COC(=O)c1cc(-c2ccc(-c3cccc(CN4CCOCC4)c3)cc2)cc2c1nc(C)n2C(=O)OC(C)(C)C. The number of rotatable bonds is 5. The Hall–Kier alpha value is -4.01. The summed E-state index contributed by atoms with van der Waals surface area (Å²) in [4.78, 5) is 32.8. The molecule has 0 spiro atoms. The fourth-order valence-electron chi connectivity index (χ4n) is 4.99. The highest BCUT2D eigenvalue weighted by Gasteiger charge is 2.25. The van der Waals surface area contributed by atoms with Crippen LogP contribution in [0.3, 0.4) is 0 Å². The van der Waals surface area contributed by atoms with Crippen LogP contribution in [-0.2, 0) is 20.8 Å². The smallest absolute Gasteiger partial charge is 0.420 e. The number of esters is 1. The number of nitrogens with zero attached hydrogens (tertiary/aromatic N) is 3. The molecule has 8 heteroatoms. The Morgan fingerprint density at radius 3 is 2.25 bits per heavy atom. The summed E-state index contributed by atoms with van der Waals surface area (Å²) in [6, 6.07) is 20.4. The minimum Gasteiger partial charge on any atom is -0.465 e. The first kappa shape index (κ1) is 27.6. The van der Waals surface area contributed by atoms with Gasteiger partial charge in [-0.3, -0.25) is 4.90 Å². The highest BCUT2D eigenvalue weighted by molar-refractivity contribution is 6.06. The topological polar surface area (TPSA) is 82.9 Å². The van der Waals surface area contributed by atoms with Crippen LogP contribution in [-0.4, -0.2) is 65.5 Å². The first-order chi connectivity index (χ1) is 19.1. The van der Waals surface area contributed by atoms with Crippen molar-refractivity contribution in [1.29, 1.82) is 0 Å².